The minimum absolute atomic E-state index is 0.0912. The molecule has 2 atom stereocenters. The van der Waals surface area contributed by atoms with Gasteiger partial charge in [-0.15, -0.1) is 0 Å². The van der Waals surface area contributed by atoms with E-state index in [4.69, 9.17) is 26.1 Å². The number of piperidine rings is 1. The van der Waals surface area contributed by atoms with Gasteiger partial charge < -0.3 is 19.3 Å². The number of hydrogen-bond acceptors (Lipinski definition) is 8. The lowest BCUT2D eigenvalue weighted by molar-refractivity contribution is -0.151. The molecule has 3 aliphatic rings. The van der Waals surface area contributed by atoms with E-state index in [0.717, 1.165) is 12.0 Å². The number of halogens is 1. The van der Waals surface area contributed by atoms with E-state index in [1.165, 1.54) is 11.8 Å². The largest absolute Gasteiger partial charge is 0.466 e. The number of carbonyl (C=O) groups excluding carboxylic acids is 3. The van der Waals surface area contributed by atoms with Crippen molar-refractivity contribution in [3.8, 4) is 0 Å². The van der Waals surface area contributed by atoms with Crippen molar-refractivity contribution in [3.05, 3.63) is 93.1 Å². The van der Waals surface area contributed by atoms with Gasteiger partial charge >= 0.3 is 11.9 Å². The maximum atomic E-state index is 13.6. The quantitative estimate of drug-likeness (QED) is 0.355. The van der Waals surface area contributed by atoms with Gasteiger partial charge in [0.15, 0.2) is 5.17 Å². The summed E-state index contributed by atoms with van der Waals surface area (Å²) in [6.07, 6.45) is 1.53. The van der Waals surface area contributed by atoms with Crippen LogP contribution in [0.4, 0.5) is 0 Å². The summed E-state index contributed by atoms with van der Waals surface area (Å²) in [5, 5.41) is 3.06. The highest BCUT2D eigenvalue weighted by molar-refractivity contribution is 8.16. The Balaban J connectivity index is 1.40. The van der Waals surface area contributed by atoms with Gasteiger partial charge in [0.2, 0.25) is 5.91 Å². The Bertz CT molecular complexity index is 1420. The third-order valence-electron chi connectivity index (χ3n) is 7.36. The molecule has 2 aromatic carbocycles. The van der Waals surface area contributed by atoms with Crippen LogP contribution in [0.1, 0.15) is 50.3 Å². The molecule has 0 spiro atoms. The number of esters is 2. The molecule has 0 unspecified atom stereocenters. The maximum Gasteiger partial charge on any atom is 0.338 e. The second kappa shape index (κ2) is 13.0. The summed E-state index contributed by atoms with van der Waals surface area (Å²) in [6, 6.07) is 16.2. The van der Waals surface area contributed by atoms with E-state index in [1.54, 1.807) is 24.8 Å². The molecule has 0 radical (unpaired) electrons. The number of thioether (sulfide) groups is 1. The van der Waals surface area contributed by atoms with Crippen LogP contribution in [-0.2, 0) is 30.5 Å². The molecule has 1 amide bonds. The Morgan fingerprint density at radius 2 is 1.83 bits per heavy atom. The summed E-state index contributed by atoms with van der Waals surface area (Å²) in [5.74, 6) is -1.16. The number of amides is 1. The Morgan fingerprint density at radius 1 is 1.07 bits per heavy atom. The third kappa shape index (κ3) is 6.36. The van der Waals surface area contributed by atoms with Crippen LogP contribution >= 0.6 is 23.4 Å². The summed E-state index contributed by atoms with van der Waals surface area (Å²) in [5.41, 5.74) is 3.22. The Morgan fingerprint density at radius 3 is 2.59 bits per heavy atom. The number of nitrogens with zero attached hydrogens (tertiary/aromatic N) is 3. The van der Waals surface area contributed by atoms with Crippen molar-refractivity contribution in [1.82, 2.24) is 9.80 Å². The van der Waals surface area contributed by atoms with Gasteiger partial charge in [0.05, 0.1) is 36.3 Å². The monoisotopic (exact) mass is 593 g/mol. The standard InChI is InChI=1S/C31H32ClN3O5S/c1-3-39-29(37)22-12-9-15-34(17-22)26(36)16-23-19-41-31-33-20(2)27(30(38)40-18-21-10-5-4-6-11-21)28(35(23)31)24-13-7-8-14-25(24)32/h4-8,10-11,13-14,19,22,28H,3,9,12,15-18H2,1-2H3/t22-,28+/m1/s1. The van der Waals surface area contributed by atoms with Crippen LogP contribution in [0.15, 0.2) is 82.0 Å². The van der Waals surface area contributed by atoms with Gasteiger partial charge in [-0.3, -0.25) is 9.59 Å². The van der Waals surface area contributed by atoms with Crippen molar-refractivity contribution in [3.63, 3.8) is 0 Å². The summed E-state index contributed by atoms with van der Waals surface area (Å²) in [6.45, 7) is 4.93. The topological polar surface area (TPSA) is 88.5 Å². The van der Waals surface area contributed by atoms with Gasteiger partial charge in [0.25, 0.3) is 0 Å². The van der Waals surface area contributed by atoms with Crippen LogP contribution in [-0.4, -0.2) is 52.5 Å². The van der Waals surface area contributed by atoms with Crippen molar-refractivity contribution in [2.75, 3.05) is 19.7 Å². The molecular formula is C31H32ClN3O5S. The molecule has 1 saturated heterocycles. The highest BCUT2D eigenvalue weighted by atomic mass is 35.5. The lowest BCUT2D eigenvalue weighted by Gasteiger charge is -2.37. The number of benzene rings is 2. The molecule has 214 valence electrons. The fourth-order valence-electron chi connectivity index (χ4n) is 5.35. The van der Waals surface area contributed by atoms with Crippen molar-refractivity contribution in [2.45, 2.75) is 45.8 Å². The van der Waals surface area contributed by atoms with Crippen LogP contribution in [0.25, 0.3) is 0 Å². The molecule has 41 heavy (non-hydrogen) atoms. The van der Waals surface area contributed by atoms with Gasteiger partial charge in [-0.05, 0) is 49.3 Å². The molecule has 8 nitrogen and oxygen atoms in total. The Labute approximate surface area is 249 Å². The molecule has 0 bridgehead atoms. The van der Waals surface area contributed by atoms with Crippen molar-refractivity contribution >= 4 is 46.4 Å². The fourth-order valence-corrected chi connectivity index (χ4v) is 6.55. The first kappa shape index (κ1) is 29.0. The predicted molar refractivity (Wildman–Crippen MR) is 159 cm³/mol. The van der Waals surface area contributed by atoms with Crippen LogP contribution in [0.2, 0.25) is 5.02 Å². The number of aliphatic imine (C=N–C) groups is 1. The number of fused-ring (bicyclic) bond motifs is 1. The van der Waals surface area contributed by atoms with Crippen LogP contribution in [0.3, 0.4) is 0 Å². The Kier molecular flexibility index (Phi) is 9.15. The summed E-state index contributed by atoms with van der Waals surface area (Å²) >= 11 is 8.11. The lowest BCUT2D eigenvalue weighted by Crippen LogP contribution is -2.44. The first-order valence-corrected chi connectivity index (χ1v) is 15.0. The SMILES string of the molecule is CCOC(=O)[C@@H]1CCCN(C(=O)CC2=CSC3=NC(C)=C(C(=O)OCc4ccccc4)[C@H](c4ccccc4Cl)N23)C1. The number of ether oxygens (including phenoxy) is 2. The minimum Gasteiger partial charge on any atom is -0.466 e. The average Bonchev–Trinajstić information content (AvgIpc) is 3.38. The molecule has 0 aromatic heterocycles. The maximum absolute atomic E-state index is 13.6. The molecule has 3 aliphatic heterocycles. The third-order valence-corrected chi connectivity index (χ3v) is 8.59. The smallest absolute Gasteiger partial charge is 0.338 e. The summed E-state index contributed by atoms with van der Waals surface area (Å²) < 4.78 is 11.0. The van der Waals surface area contributed by atoms with Gasteiger partial charge in [0.1, 0.15) is 6.61 Å². The van der Waals surface area contributed by atoms with Gasteiger partial charge in [-0.25, -0.2) is 9.79 Å². The average molecular weight is 594 g/mol. The lowest BCUT2D eigenvalue weighted by atomic mass is 9.93. The first-order valence-electron chi connectivity index (χ1n) is 13.7. The van der Waals surface area contributed by atoms with Gasteiger partial charge in [-0.1, -0.05) is 71.9 Å². The second-order valence-corrected chi connectivity index (χ2v) is 11.3. The van der Waals surface area contributed by atoms with Crippen LogP contribution in [0.5, 0.6) is 0 Å². The molecule has 3 heterocycles. The minimum atomic E-state index is -0.623. The number of allylic oxidation sites excluding steroid dienone is 1. The molecule has 10 heteroatoms. The van der Waals surface area contributed by atoms with Crippen LogP contribution in [0, 0.1) is 5.92 Å². The zero-order valence-electron chi connectivity index (χ0n) is 23.0. The first-order chi connectivity index (χ1) is 19.9. The van der Waals surface area contributed by atoms with E-state index >= 15 is 0 Å². The van der Waals surface area contributed by atoms with Crippen molar-refractivity contribution in [2.24, 2.45) is 10.9 Å². The molecule has 5 rings (SSSR count). The highest BCUT2D eigenvalue weighted by Crippen LogP contribution is 2.46. The van der Waals surface area contributed by atoms with E-state index in [9.17, 15) is 14.4 Å². The molecule has 2 aromatic rings. The normalized spacial score (nSPS) is 20.3. The molecule has 0 saturated carbocycles. The molecular weight excluding hydrogens is 562 g/mol. The number of rotatable bonds is 8. The molecule has 0 aliphatic carbocycles. The summed E-state index contributed by atoms with van der Waals surface area (Å²) in [4.78, 5) is 47.9. The van der Waals surface area contributed by atoms with Crippen molar-refractivity contribution < 1.29 is 23.9 Å². The number of likely N-dealkylation sites (tertiary alicyclic amines) is 1. The summed E-state index contributed by atoms with van der Waals surface area (Å²) in [7, 11) is 0. The molecule has 1 fully saturated rings. The fraction of sp³-hybridized carbons (Fsp3) is 0.355. The number of carbonyl (C=O) groups is 3. The van der Waals surface area contributed by atoms with E-state index in [1.807, 2.05) is 58.8 Å². The van der Waals surface area contributed by atoms with Crippen LogP contribution < -0.4 is 0 Å². The molecule has 0 N–H and O–H groups in total. The van der Waals surface area contributed by atoms with E-state index < -0.39 is 12.0 Å². The highest BCUT2D eigenvalue weighted by Gasteiger charge is 2.42. The number of hydrogen-bond donors (Lipinski definition) is 0. The zero-order chi connectivity index (χ0) is 28.9. The van der Waals surface area contributed by atoms with E-state index in [-0.39, 0.29) is 30.8 Å². The van der Waals surface area contributed by atoms with Crippen molar-refractivity contribution in [1.29, 1.82) is 0 Å². The number of amidine groups is 1. The Hall–Kier alpha value is -3.56. The second-order valence-electron chi connectivity index (χ2n) is 10.1. The van der Waals surface area contributed by atoms with Gasteiger partial charge in [0, 0.05) is 23.8 Å². The predicted octanol–water partition coefficient (Wildman–Crippen LogP) is 5.85. The van der Waals surface area contributed by atoms with E-state index in [2.05, 4.69) is 0 Å². The zero-order valence-corrected chi connectivity index (χ0v) is 24.6. The van der Waals surface area contributed by atoms with Gasteiger partial charge in [-0.2, -0.15) is 0 Å². The van der Waals surface area contributed by atoms with E-state index in [0.29, 0.717) is 58.8 Å².